The third-order valence-electron chi connectivity index (χ3n) is 4.36. The summed E-state index contributed by atoms with van der Waals surface area (Å²) in [6, 6.07) is 4.42. The maximum absolute atomic E-state index is 12.5. The van der Waals surface area contributed by atoms with E-state index in [0.717, 1.165) is 32.1 Å². The summed E-state index contributed by atoms with van der Waals surface area (Å²) in [5, 5.41) is 12.3. The van der Waals surface area contributed by atoms with E-state index in [4.69, 9.17) is 4.74 Å². The molecule has 0 unspecified atom stereocenters. The number of urea groups is 1. The van der Waals surface area contributed by atoms with Crippen LogP contribution in [-0.4, -0.2) is 35.1 Å². The Bertz CT molecular complexity index is 663. The van der Waals surface area contributed by atoms with Gasteiger partial charge in [-0.05, 0) is 36.6 Å². The quantitative estimate of drug-likeness (QED) is 0.664. The Hall–Kier alpha value is -2.50. The maximum Gasteiger partial charge on any atom is 0.329 e. The first kappa shape index (κ1) is 15.4. The smallest absolute Gasteiger partial charge is 0.329 e. The molecule has 3 amide bonds. The summed E-state index contributed by atoms with van der Waals surface area (Å²) in [4.78, 5) is 26.0. The number of aromatic hydroxyl groups is 1. The number of rotatable bonds is 3. The van der Waals surface area contributed by atoms with Crippen molar-refractivity contribution in [2.75, 3.05) is 7.11 Å². The second-order valence-electron chi connectivity index (χ2n) is 5.89. The van der Waals surface area contributed by atoms with Gasteiger partial charge < -0.3 is 15.2 Å². The number of ether oxygens (including phenoxy) is 1. The van der Waals surface area contributed by atoms with E-state index in [0.29, 0.717) is 11.3 Å². The summed E-state index contributed by atoms with van der Waals surface area (Å²) in [5.74, 6) is 0.0643. The fourth-order valence-corrected chi connectivity index (χ4v) is 3.17. The number of benzene rings is 1. The molecule has 1 aliphatic carbocycles. The molecule has 1 saturated carbocycles. The van der Waals surface area contributed by atoms with Gasteiger partial charge in [-0.2, -0.15) is 0 Å². The number of hydrogen-bond donors (Lipinski definition) is 2. The summed E-state index contributed by atoms with van der Waals surface area (Å²) < 4.78 is 5.05. The molecule has 2 N–H and O–H groups in total. The minimum absolute atomic E-state index is 0.00324. The van der Waals surface area contributed by atoms with Gasteiger partial charge in [0.2, 0.25) is 0 Å². The van der Waals surface area contributed by atoms with Crippen molar-refractivity contribution in [2.24, 2.45) is 0 Å². The number of nitrogens with one attached hydrogen (secondary N) is 1. The average Bonchev–Trinajstić information content (AvgIpc) is 2.84. The normalized spacial score (nSPS) is 20.9. The molecule has 2 aliphatic rings. The maximum atomic E-state index is 12.5. The molecule has 1 aromatic carbocycles. The molecule has 0 atom stereocenters. The van der Waals surface area contributed by atoms with Crippen molar-refractivity contribution in [3.05, 3.63) is 29.5 Å². The molecule has 1 aromatic rings. The number of phenols is 1. The lowest BCUT2D eigenvalue weighted by Crippen LogP contribution is -2.41. The Morgan fingerprint density at radius 3 is 2.70 bits per heavy atom. The Labute approximate surface area is 134 Å². The lowest BCUT2D eigenvalue weighted by atomic mass is 9.94. The van der Waals surface area contributed by atoms with Crippen molar-refractivity contribution in [3.8, 4) is 11.5 Å². The van der Waals surface area contributed by atoms with E-state index < -0.39 is 0 Å². The monoisotopic (exact) mass is 316 g/mol. The van der Waals surface area contributed by atoms with Crippen LogP contribution < -0.4 is 10.1 Å². The predicted octanol–water partition coefficient (Wildman–Crippen LogP) is 2.63. The molecule has 122 valence electrons. The highest BCUT2D eigenvalue weighted by Gasteiger charge is 2.38. The number of amides is 3. The molecule has 23 heavy (non-hydrogen) atoms. The number of carbonyl (C=O) groups is 2. The number of carbonyl (C=O) groups excluding carboxylic acids is 2. The summed E-state index contributed by atoms with van der Waals surface area (Å²) in [6.45, 7) is 0. The molecular weight excluding hydrogens is 296 g/mol. The largest absolute Gasteiger partial charge is 0.504 e. The van der Waals surface area contributed by atoms with Gasteiger partial charge >= 0.3 is 6.03 Å². The van der Waals surface area contributed by atoms with Crippen molar-refractivity contribution in [3.63, 3.8) is 0 Å². The highest BCUT2D eigenvalue weighted by Crippen LogP contribution is 2.29. The van der Waals surface area contributed by atoms with Gasteiger partial charge in [-0.15, -0.1) is 0 Å². The van der Waals surface area contributed by atoms with Gasteiger partial charge in [0.15, 0.2) is 11.5 Å². The summed E-state index contributed by atoms with van der Waals surface area (Å²) in [6.07, 6.45) is 6.62. The molecule has 6 nitrogen and oxygen atoms in total. The SMILES string of the molecule is COc1cc(/C=C2\NC(=O)N(C3CCCCC3)C2=O)ccc1O. The van der Waals surface area contributed by atoms with E-state index in [9.17, 15) is 14.7 Å². The molecule has 1 saturated heterocycles. The van der Waals surface area contributed by atoms with Crippen LogP contribution in [0.2, 0.25) is 0 Å². The van der Waals surface area contributed by atoms with Crippen molar-refractivity contribution in [1.29, 1.82) is 0 Å². The van der Waals surface area contributed by atoms with Crippen LogP contribution in [0.4, 0.5) is 4.79 Å². The van der Waals surface area contributed by atoms with Crippen LogP contribution in [0.1, 0.15) is 37.7 Å². The number of methoxy groups -OCH3 is 1. The highest BCUT2D eigenvalue weighted by atomic mass is 16.5. The van der Waals surface area contributed by atoms with Crippen LogP contribution in [0.25, 0.3) is 6.08 Å². The molecule has 2 fully saturated rings. The van der Waals surface area contributed by atoms with Gasteiger partial charge in [0.05, 0.1) is 7.11 Å². The van der Waals surface area contributed by atoms with Crippen LogP contribution in [0, 0.1) is 0 Å². The zero-order valence-corrected chi connectivity index (χ0v) is 13.0. The third kappa shape index (κ3) is 3.02. The van der Waals surface area contributed by atoms with Gasteiger partial charge in [-0.1, -0.05) is 25.3 Å². The van der Waals surface area contributed by atoms with Crippen LogP contribution >= 0.6 is 0 Å². The summed E-state index contributed by atoms with van der Waals surface area (Å²) >= 11 is 0. The number of hydrogen-bond acceptors (Lipinski definition) is 4. The average molecular weight is 316 g/mol. The Morgan fingerprint density at radius 1 is 1.26 bits per heavy atom. The summed E-state index contributed by atoms with van der Waals surface area (Å²) in [5.41, 5.74) is 0.933. The van der Waals surface area contributed by atoms with Crippen LogP contribution in [0.3, 0.4) is 0 Å². The first-order chi connectivity index (χ1) is 11.1. The van der Waals surface area contributed by atoms with Crippen LogP contribution in [0.15, 0.2) is 23.9 Å². The minimum atomic E-state index is -0.348. The standard InChI is InChI=1S/C17H20N2O4/c1-23-15-10-11(7-8-14(15)20)9-13-16(21)19(17(22)18-13)12-5-3-2-4-6-12/h7-10,12,20H,2-6H2,1H3,(H,18,22)/b13-9-. The lowest BCUT2D eigenvalue weighted by molar-refractivity contribution is -0.124. The van der Waals surface area contributed by atoms with Gasteiger partial charge in [0.1, 0.15) is 5.70 Å². The molecule has 0 aromatic heterocycles. The molecule has 6 heteroatoms. The number of phenolic OH excluding ortho intramolecular Hbond substituents is 1. The Morgan fingerprint density at radius 2 is 2.00 bits per heavy atom. The molecule has 3 rings (SSSR count). The van der Waals surface area contributed by atoms with Crippen LogP contribution in [-0.2, 0) is 4.79 Å². The lowest BCUT2D eigenvalue weighted by Gasteiger charge is -2.28. The molecule has 0 bridgehead atoms. The molecule has 1 heterocycles. The van der Waals surface area contributed by atoms with E-state index >= 15 is 0 Å². The van der Waals surface area contributed by atoms with Gasteiger partial charge in [0, 0.05) is 6.04 Å². The number of imide groups is 1. The Kier molecular flexibility index (Phi) is 4.23. The molecule has 1 aliphatic heterocycles. The van der Waals surface area contributed by atoms with E-state index in [1.807, 2.05) is 0 Å². The third-order valence-corrected chi connectivity index (χ3v) is 4.36. The van der Waals surface area contributed by atoms with Crippen molar-refractivity contribution in [1.82, 2.24) is 10.2 Å². The van der Waals surface area contributed by atoms with Crippen LogP contribution in [0.5, 0.6) is 11.5 Å². The highest BCUT2D eigenvalue weighted by molar-refractivity contribution is 6.14. The van der Waals surface area contributed by atoms with E-state index in [-0.39, 0.29) is 29.4 Å². The molecule has 0 spiro atoms. The fraction of sp³-hybridized carbons (Fsp3) is 0.412. The summed E-state index contributed by atoms with van der Waals surface area (Å²) in [7, 11) is 1.46. The van der Waals surface area contributed by atoms with Crippen molar-refractivity contribution < 1.29 is 19.4 Å². The first-order valence-corrected chi connectivity index (χ1v) is 7.83. The zero-order chi connectivity index (χ0) is 16.4. The fourth-order valence-electron chi connectivity index (χ4n) is 3.17. The van der Waals surface area contributed by atoms with E-state index in [2.05, 4.69) is 5.32 Å². The van der Waals surface area contributed by atoms with Gasteiger partial charge in [0.25, 0.3) is 5.91 Å². The number of nitrogens with zero attached hydrogens (tertiary/aromatic N) is 1. The van der Waals surface area contributed by atoms with E-state index in [1.54, 1.807) is 18.2 Å². The van der Waals surface area contributed by atoms with E-state index in [1.165, 1.54) is 18.1 Å². The Balaban J connectivity index is 1.83. The van der Waals surface area contributed by atoms with Gasteiger partial charge in [-0.3, -0.25) is 9.69 Å². The zero-order valence-electron chi connectivity index (χ0n) is 13.0. The van der Waals surface area contributed by atoms with Crippen molar-refractivity contribution >= 4 is 18.0 Å². The van der Waals surface area contributed by atoms with Crippen molar-refractivity contribution in [2.45, 2.75) is 38.1 Å². The second-order valence-corrected chi connectivity index (χ2v) is 5.89. The topological polar surface area (TPSA) is 78.9 Å². The van der Waals surface area contributed by atoms with Gasteiger partial charge in [-0.25, -0.2) is 4.79 Å². The molecule has 0 radical (unpaired) electrons. The second kappa shape index (κ2) is 6.32. The molecular formula is C17H20N2O4. The first-order valence-electron chi connectivity index (χ1n) is 7.83. The minimum Gasteiger partial charge on any atom is -0.504 e. The predicted molar refractivity (Wildman–Crippen MR) is 84.9 cm³/mol.